The number of amides is 1. The van der Waals surface area contributed by atoms with Gasteiger partial charge in [-0.2, -0.15) is 0 Å². The molecule has 0 aromatic rings. The Kier molecular flexibility index (Phi) is 46.0. The molecule has 0 fully saturated rings. The fraction of sp³-hybridized carbons (Fsp3) is 0.941. The fourth-order valence-electron chi connectivity index (χ4n) is 8.17. The molecule has 0 aliphatic heterocycles. The number of nitrogens with one attached hydrogen (secondary N) is 1. The first-order chi connectivity index (χ1) is 27.5. The Hall–Kier alpha value is -0.910. The van der Waals surface area contributed by atoms with E-state index < -0.39 is 18.2 Å². The van der Waals surface area contributed by atoms with E-state index in [1.165, 1.54) is 225 Å². The highest BCUT2D eigenvalue weighted by Crippen LogP contribution is 2.17. The second-order valence-electron chi connectivity index (χ2n) is 17.8. The third-order valence-electron chi connectivity index (χ3n) is 12.1. The molecule has 56 heavy (non-hydrogen) atoms. The van der Waals surface area contributed by atoms with E-state index in [1.54, 1.807) is 0 Å². The number of carbonyl (C=O) groups excluding carboxylic acids is 1. The van der Waals surface area contributed by atoms with Gasteiger partial charge in [-0.1, -0.05) is 251 Å². The maximum atomic E-state index is 12.5. The van der Waals surface area contributed by atoms with Crippen LogP contribution in [0.4, 0.5) is 0 Å². The van der Waals surface area contributed by atoms with Crippen LogP contribution in [-0.2, 0) is 4.79 Å². The summed E-state index contributed by atoms with van der Waals surface area (Å²) in [5.74, 6) is -0.283. The molecule has 0 radical (unpaired) electrons. The topological polar surface area (TPSA) is 89.8 Å². The third kappa shape index (κ3) is 42.7. The highest BCUT2D eigenvalue weighted by atomic mass is 16.3. The largest absolute Gasteiger partial charge is 0.394 e. The van der Waals surface area contributed by atoms with E-state index in [0.717, 1.165) is 25.7 Å². The molecule has 0 aliphatic carbocycles. The van der Waals surface area contributed by atoms with E-state index >= 15 is 0 Å². The number of aliphatic hydroxyl groups is 3. The highest BCUT2D eigenvalue weighted by Gasteiger charge is 2.21. The molecule has 5 nitrogen and oxygen atoms in total. The summed E-state index contributed by atoms with van der Waals surface area (Å²) in [6.07, 6.45) is 56.3. The summed E-state index contributed by atoms with van der Waals surface area (Å²) < 4.78 is 0. The number of aliphatic hydroxyl groups excluding tert-OH is 3. The standard InChI is InChI=1S/C51H101NO4/c1-3-5-7-9-11-13-15-17-19-21-23-25-26-28-30-32-34-36-38-40-42-44-48(54)46-51(56)52-49(47-53)50(55)45-43-41-39-37-35-33-31-29-27-24-22-20-18-16-14-12-10-8-6-4-2/h28,30,48-50,53-55H,3-27,29,31-47H2,1-2H3,(H,52,56)/b30-28-. The second kappa shape index (κ2) is 46.8. The predicted octanol–water partition coefficient (Wildman–Crippen LogP) is 15.2. The van der Waals surface area contributed by atoms with Crippen LogP contribution in [0.2, 0.25) is 0 Å². The van der Waals surface area contributed by atoms with Crippen molar-refractivity contribution >= 4 is 5.91 Å². The van der Waals surface area contributed by atoms with E-state index in [-0.39, 0.29) is 18.9 Å². The first kappa shape index (κ1) is 55.1. The van der Waals surface area contributed by atoms with Gasteiger partial charge in [0, 0.05) is 0 Å². The van der Waals surface area contributed by atoms with Gasteiger partial charge in [0.2, 0.25) is 5.91 Å². The molecule has 0 aromatic heterocycles. The molecule has 0 rings (SSSR count). The van der Waals surface area contributed by atoms with Crippen molar-refractivity contribution in [3.63, 3.8) is 0 Å². The molecule has 3 atom stereocenters. The number of rotatable bonds is 47. The van der Waals surface area contributed by atoms with Crippen LogP contribution in [0.1, 0.15) is 284 Å². The molecule has 0 bridgehead atoms. The Labute approximate surface area is 350 Å². The zero-order chi connectivity index (χ0) is 40.8. The van der Waals surface area contributed by atoms with Crippen LogP contribution in [0.5, 0.6) is 0 Å². The van der Waals surface area contributed by atoms with Crippen LogP contribution in [0, 0.1) is 0 Å². The zero-order valence-corrected chi connectivity index (χ0v) is 38.0. The molecule has 1 amide bonds. The van der Waals surface area contributed by atoms with Crippen molar-refractivity contribution in [3.05, 3.63) is 12.2 Å². The van der Waals surface area contributed by atoms with Crippen molar-refractivity contribution in [1.29, 1.82) is 0 Å². The van der Waals surface area contributed by atoms with Crippen molar-refractivity contribution in [1.82, 2.24) is 5.32 Å². The van der Waals surface area contributed by atoms with Crippen LogP contribution in [0.15, 0.2) is 12.2 Å². The summed E-state index contributed by atoms with van der Waals surface area (Å²) in [5, 5.41) is 33.5. The van der Waals surface area contributed by atoms with Gasteiger partial charge in [0.1, 0.15) is 0 Å². The van der Waals surface area contributed by atoms with Gasteiger partial charge in [-0.3, -0.25) is 4.79 Å². The minimum Gasteiger partial charge on any atom is -0.394 e. The molecule has 4 N–H and O–H groups in total. The monoisotopic (exact) mass is 792 g/mol. The Morgan fingerprint density at radius 1 is 0.429 bits per heavy atom. The molecule has 0 aromatic carbocycles. The minimum atomic E-state index is -0.749. The van der Waals surface area contributed by atoms with Gasteiger partial charge in [-0.05, 0) is 38.5 Å². The lowest BCUT2D eigenvalue weighted by atomic mass is 10.0. The van der Waals surface area contributed by atoms with Gasteiger partial charge in [0.05, 0.1) is 31.3 Å². The lowest BCUT2D eigenvalue weighted by Gasteiger charge is -2.23. The maximum Gasteiger partial charge on any atom is 0.222 e. The Balaban J connectivity index is 3.56. The summed E-state index contributed by atoms with van der Waals surface area (Å²) in [4.78, 5) is 12.5. The van der Waals surface area contributed by atoms with Crippen LogP contribution in [-0.4, -0.2) is 46.1 Å². The summed E-state index contributed by atoms with van der Waals surface area (Å²) in [5.41, 5.74) is 0. The molecule has 3 unspecified atom stereocenters. The molecular formula is C51H101NO4. The van der Waals surface area contributed by atoms with Crippen molar-refractivity contribution in [2.75, 3.05) is 6.61 Å². The molecular weight excluding hydrogens is 691 g/mol. The molecule has 0 saturated carbocycles. The quantitative estimate of drug-likeness (QED) is 0.0365. The average molecular weight is 792 g/mol. The lowest BCUT2D eigenvalue weighted by Crippen LogP contribution is -2.46. The third-order valence-corrected chi connectivity index (χ3v) is 12.1. The van der Waals surface area contributed by atoms with Gasteiger partial charge >= 0.3 is 0 Å². The minimum absolute atomic E-state index is 0.0342. The van der Waals surface area contributed by atoms with Crippen molar-refractivity contribution in [2.45, 2.75) is 302 Å². The van der Waals surface area contributed by atoms with E-state index in [9.17, 15) is 20.1 Å². The highest BCUT2D eigenvalue weighted by molar-refractivity contribution is 5.76. The predicted molar refractivity (Wildman–Crippen MR) is 245 cm³/mol. The molecule has 0 aliphatic rings. The summed E-state index contributed by atoms with van der Waals surface area (Å²) in [6, 6.07) is -0.659. The van der Waals surface area contributed by atoms with E-state index in [1.807, 2.05) is 0 Å². The Morgan fingerprint density at radius 2 is 0.714 bits per heavy atom. The number of unbranched alkanes of at least 4 members (excludes halogenated alkanes) is 36. The number of allylic oxidation sites excluding steroid dienone is 2. The number of carbonyl (C=O) groups is 1. The summed E-state index contributed by atoms with van der Waals surface area (Å²) in [7, 11) is 0. The molecule has 0 heterocycles. The van der Waals surface area contributed by atoms with E-state index in [4.69, 9.17) is 0 Å². The van der Waals surface area contributed by atoms with Crippen molar-refractivity contribution < 1.29 is 20.1 Å². The molecule has 0 saturated heterocycles. The first-order valence-electron chi connectivity index (χ1n) is 25.5. The first-order valence-corrected chi connectivity index (χ1v) is 25.5. The number of hydrogen-bond acceptors (Lipinski definition) is 4. The van der Waals surface area contributed by atoms with Gasteiger partial charge in [0.25, 0.3) is 0 Å². The Bertz CT molecular complexity index is 788. The van der Waals surface area contributed by atoms with Crippen LogP contribution >= 0.6 is 0 Å². The molecule has 334 valence electrons. The van der Waals surface area contributed by atoms with Gasteiger partial charge in [-0.25, -0.2) is 0 Å². The zero-order valence-electron chi connectivity index (χ0n) is 38.0. The van der Waals surface area contributed by atoms with Crippen molar-refractivity contribution in [3.8, 4) is 0 Å². The van der Waals surface area contributed by atoms with Crippen molar-refractivity contribution in [2.24, 2.45) is 0 Å². The fourth-order valence-corrected chi connectivity index (χ4v) is 8.17. The van der Waals surface area contributed by atoms with Crippen LogP contribution in [0.3, 0.4) is 0 Å². The SMILES string of the molecule is CCCCCCCCCCCCCC/C=C\CCCCCCCC(O)CC(=O)NC(CO)C(O)CCCCCCCCCCCCCCCCCCCCCC. The molecule has 5 heteroatoms. The smallest absolute Gasteiger partial charge is 0.222 e. The average Bonchev–Trinajstić information content (AvgIpc) is 3.19. The summed E-state index contributed by atoms with van der Waals surface area (Å²) >= 11 is 0. The second-order valence-corrected chi connectivity index (χ2v) is 17.8. The van der Waals surface area contributed by atoms with Crippen LogP contribution < -0.4 is 5.32 Å². The molecule has 0 spiro atoms. The normalized spacial score (nSPS) is 13.4. The van der Waals surface area contributed by atoms with Gasteiger partial charge in [0.15, 0.2) is 0 Å². The van der Waals surface area contributed by atoms with Gasteiger partial charge in [-0.15, -0.1) is 0 Å². The number of hydrogen-bond donors (Lipinski definition) is 4. The van der Waals surface area contributed by atoms with Gasteiger partial charge < -0.3 is 20.6 Å². The van der Waals surface area contributed by atoms with Crippen LogP contribution in [0.25, 0.3) is 0 Å². The lowest BCUT2D eigenvalue weighted by molar-refractivity contribution is -0.125. The Morgan fingerprint density at radius 3 is 1.04 bits per heavy atom. The summed E-state index contributed by atoms with van der Waals surface area (Å²) in [6.45, 7) is 4.29. The maximum absolute atomic E-state index is 12.5. The van der Waals surface area contributed by atoms with E-state index in [0.29, 0.717) is 12.8 Å². The van der Waals surface area contributed by atoms with E-state index in [2.05, 4.69) is 31.3 Å².